The zero-order valence-corrected chi connectivity index (χ0v) is 13.4. The standard InChI is InChI=1S/C18H19N3S/c1-12(16-4-2-3-14-9-19-8-7-17(14)16)20-10-15-11-22-18(21-15)13-5-6-13/h2-4,7-9,11-13,20H,5-6,10H2,1H3/t12-/m0/s1. The average molecular weight is 309 g/mol. The highest BCUT2D eigenvalue weighted by molar-refractivity contribution is 7.09. The molecule has 0 bridgehead atoms. The molecule has 22 heavy (non-hydrogen) atoms. The fourth-order valence-corrected chi connectivity index (χ4v) is 3.81. The van der Waals surface area contributed by atoms with E-state index in [-0.39, 0.29) is 6.04 Å². The molecule has 0 amide bonds. The van der Waals surface area contributed by atoms with Crippen molar-refractivity contribution in [3.8, 4) is 0 Å². The van der Waals surface area contributed by atoms with Crippen molar-refractivity contribution in [3.63, 3.8) is 0 Å². The van der Waals surface area contributed by atoms with Crippen LogP contribution in [0.2, 0.25) is 0 Å². The third-order valence-corrected chi connectivity index (χ3v) is 5.32. The monoisotopic (exact) mass is 309 g/mol. The quantitative estimate of drug-likeness (QED) is 0.758. The van der Waals surface area contributed by atoms with Crippen LogP contribution in [0.4, 0.5) is 0 Å². The van der Waals surface area contributed by atoms with E-state index in [0.717, 1.165) is 12.5 Å². The molecule has 0 radical (unpaired) electrons. The van der Waals surface area contributed by atoms with E-state index in [0.29, 0.717) is 0 Å². The molecule has 2 heterocycles. The maximum Gasteiger partial charge on any atom is 0.0959 e. The number of hydrogen-bond acceptors (Lipinski definition) is 4. The van der Waals surface area contributed by atoms with E-state index in [2.05, 4.69) is 46.9 Å². The number of benzene rings is 1. The Morgan fingerprint density at radius 3 is 3.09 bits per heavy atom. The lowest BCUT2D eigenvalue weighted by molar-refractivity contribution is 0.571. The summed E-state index contributed by atoms with van der Waals surface area (Å²) in [5.41, 5.74) is 2.48. The van der Waals surface area contributed by atoms with Crippen LogP contribution in [-0.4, -0.2) is 9.97 Å². The summed E-state index contributed by atoms with van der Waals surface area (Å²) in [6.07, 6.45) is 6.43. The molecular formula is C18H19N3S. The smallest absolute Gasteiger partial charge is 0.0959 e. The second kappa shape index (κ2) is 5.78. The molecule has 4 heteroatoms. The van der Waals surface area contributed by atoms with Crippen molar-refractivity contribution in [2.75, 3.05) is 0 Å². The molecule has 3 aromatic rings. The summed E-state index contributed by atoms with van der Waals surface area (Å²) < 4.78 is 0. The first-order valence-electron chi connectivity index (χ1n) is 7.81. The van der Waals surface area contributed by atoms with Crippen molar-refractivity contribution in [1.29, 1.82) is 0 Å². The molecule has 1 aliphatic carbocycles. The van der Waals surface area contributed by atoms with Gasteiger partial charge in [0.25, 0.3) is 0 Å². The van der Waals surface area contributed by atoms with Crippen LogP contribution in [0.1, 0.15) is 48.0 Å². The molecule has 1 fully saturated rings. The number of rotatable bonds is 5. The Hall–Kier alpha value is -1.78. The second-order valence-electron chi connectivity index (χ2n) is 6.00. The molecule has 4 rings (SSSR count). The first-order chi connectivity index (χ1) is 10.8. The molecule has 1 N–H and O–H groups in total. The molecule has 1 atom stereocenters. The van der Waals surface area contributed by atoms with Crippen LogP contribution < -0.4 is 5.32 Å². The third kappa shape index (κ3) is 2.76. The molecule has 3 nitrogen and oxygen atoms in total. The summed E-state index contributed by atoms with van der Waals surface area (Å²) >= 11 is 1.81. The molecule has 0 spiro atoms. The topological polar surface area (TPSA) is 37.8 Å². The summed E-state index contributed by atoms with van der Waals surface area (Å²) in [6.45, 7) is 3.04. The van der Waals surface area contributed by atoms with Crippen molar-refractivity contribution >= 4 is 22.1 Å². The number of nitrogens with zero attached hydrogens (tertiary/aromatic N) is 2. The highest BCUT2D eigenvalue weighted by Crippen LogP contribution is 2.41. The molecule has 1 saturated carbocycles. The van der Waals surface area contributed by atoms with Crippen molar-refractivity contribution < 1.29 is 0 Å². The van der Waals surface area contributed by atoms with Gasteiger partial charge in [-0.2, -0.15) is 0 Å². The van der Waals surface area contributed by atoms with Gasteiger partial charge in [0.2, 0.25) is 0 Å². The lowest BCUT2D eigenvalue weighted by Gasteiger charge is -2.15. The molecular weight excluding hydrogens is 290 g/mol. The maximum atomic E-state index is 4.75. The van der Waals surface area contributed by atoms with E-state index < -0.39 is 0 Å². The zero-order valence-electron chi connectivity index (χ0n) is 12.6. The van der Waals surface area contributed by atoms with Crippen LogP contribution in [0, 0.1) is 0 Å². The second-order valence-corrected chi connectivity index (χ2v) is 6.89. The maximum absolute atomic E-state index is 4.75. The molecule has 2 aromatic heterocycles. The number of aromatic nitrogens is 2. The SMILES string of the molecule is C[C@H](NCc1csc(C2CC2)n1)c1cccc2cnccc12. The largest absolute Gasteiger partial charge is 0.305 e. The van der Waals surface area contributed by atoms with Crippen LogP contribution in [0.3, 0.4) is 0 Å². The third-order valence-electron chi connectivity index (χ3n) is 4.27. The predicted molar refractivity (Wildman–Crippen MR) is 91.1 cm³/mol. The van der Waals surface area contributed by atoms with Crippen molar-refractivity contribution in [2.24, 2.45) is 0 Å². The number of fused-ring (bicyclic) bond motifs is 1. The fraction of sp³-hybridized carbons (Fsp3) is 0.333. The number of nitrogens with one attached hydrogen (secondary N) is 1. The Labute approximate surface area is 134 Å². The lowest BCUT2D eigenvalue weighted by atomic mass is 10.0. The van der Waals surface area contributed by atoms with Crippen molar-refractivity contribution in [2.45, 2.75) is 38.3 Å². The highest BCUT2D eigenvalue weighted by Gasteiger charge is 2.26. The van der Waals surface area contributed by atoms with E-state index in [9.17, 15) is 0 Å². The van der Waals surface area contributed by atoms with Gasteiger partial charge in [0.1, 0.15) is 0 Å². The van der Waals surface area contributed by atoms with Gasteiger partial charge in [-0.1, -0.05) is 18.2 Å². The predicted octanol–water partition coefficient (Wildman–Crippen LogP) is 4.42. The Bertz CT molecular complexity index is 786. The van der Waals surface area contributed by atoms with Gasteiger partial charge in [-0.15, -0.1) is 11.3 Å². The fourth-order valence-electron chi connectivity index (χ4n) is 2.81. The van der Waals surface area contributed by atoms with E-state index in [4.69, 9.17) is 4.98 Å². The molecule has 1 aliphatic rings. The minimum absolute atomic E-state index is 0.289. The molecule has 1 aromatic carbocycles. The van der Waals surface area contributed by atoms with Crippen molar-refractivity contribution in [1.82, 2.24) is 15.3 Å². The van der Waals surface area contributed by atoms with Crippen LogP contribution in [-0.2, 0) is 6.54 Å². The minimum Gasteiger partial charge on any atom is -0.305 e. The normalized spacial score (nSPS) is 16.0. The molecule has 112 valence electrons. The summed E-state index contributed by atoms with van der Waals surface area (Å²) in [6, 6.07) is 8.79. The van der Waals surface area contributed by atoms with Gasteiger partial charge >= 0.3 is 0 Å². The molecule has 0 aliphatic heterocycles. The first kappa shape index (κ1) is 13.9. The summed E-state index contributed by atoms with van der Waals surface area (Å²) in [7, 11) is 0. The van der Waals surface area contributed by atoms with Gasteiger partial charge < -0.3 is 5.32 Å². The zero-order chi connectivity index (χ0) is 14.9. The average Bonchev–Trinajstić information content (AvgIpc) is 3.31. The Morgan fingerprint density at radius 1 is 1.32 bits per heavy atom. The minimum atomic E-state index is 0.289. The number of pyridine rings is 1. The van der Waals surface area contributed by atoms with Crippen molar-refractivity contribution in [3.05, 3.63) is 58.3 Å². The van der Waals surface area contributed by atoms with Gasteiger partial charge in [0.05, 0.1) is 10.7 Å². The van der Waals surface area contributed by atoms with E-state index in [1.807, 2.05) is 23.7 Å². The summed E-state index contributed by atoms with van der Waals surface area (Å²) in [4.78, 5) is 8.95. The van der Waals surface area contributed by atoms with E-state index in [1.165, 1.54) is 39.9 Å². The Morgan fingerprint density at radius 2 is 2.23 bits per heavy atom. The summed E-state index contributed by atoms with van der Waals surface area (Å²) in [5.74, 6) is 0.752. The van der Waals surface area contributed by atoms with Crippen LogP contribution in [0.15, 0.2) is 42.0 Å². The van der Waals surface area contributed by atoms with Gasteiger partial charge in [0.15, 0.2) is 0 Å². The lowest BCUT2D eigenvalue weighted by Crippen LogP contribution is -2.18. The first-order valence-corrected chi connectivity index (χ1v) is 8.69. The Balaban J connectivity index is 1.49. The van der Waals surface area contributed by atoms with Gasteiger partial charge in [-0.3, -0.25) is 4.98 Å². The summed E-state index contributed by atoms with van der Waals surface area (Å²) in [5, 5.41) is 9.58. The van der Waals surface area contributed by atoms with Crippen LogP contribution in [0.25, 0.3) is 10.8 Å². The van der Waals surface area contributed by atoms with Crippen LogP contribution in [0.5, 0.6) is 0 Å². The van der Waals surface area contributed by atoms with E-state index >= 15 is 0 Å². The van der Waals surface area contributed by atoms with Crippen LogP contribution >= 0.6 is 11.3 Å². The Kier molecular flexibility index (Phi) is 3.64. The number of thiazole rings is 1. The van der Waals surface area contributed by atoms with Gasteiger partial charge in [-0.05, 0) is 36.8 Å². The van der Waals surface area contributed by atoms with E-state index in [1.54, 1.807) is 0 Å². The van der Waals surface area contributed by atoms with Gasteiger partial charge in [0, 0.05) is 41.7 Å². The van der Waals surface area contributed by atoms with Gasteiger partial charge in [-0.25, -0.2) is 4.98 Å². The highest BCUT2D eigenvalue weighted by atomic mass is 32.1. The molecule has 0 saturated heterocycles. The number of hydrogen-bond donors (Lipinski definition) is 1. The molecule has 0 unspecified atom stereocenters.